The van der Waals surface area contributed by atoms with E-state index in [4.69, 9.17) is 17.3 Å². The van der Waals surface area contributed by atoms with Crippen molar-refractivity contribution in [3.05, 3.63) is 53.1 Å². The molecule has 0 saturated heterocycles. The number of nitrogen functional groups attached to an aromatic ring is 1. The summed E-state index contributed by atoms with van der Waals surface area (Å²) in [6, 6.07) is 6.29. The number of sulfonamides is 1. The molecule has 2 aromatic carbocycles. The second-order valence-electron chi connectivity index (χ2n) is 3.91. The third kappa shape index (κ3) is 3.00. The van der Waals surface area contributed by atoms with Crippen LogP contribution in [0.1, 0.15) is 0 Å². The van der Waals surface area contributed by atoms with Crippen LogP contribution in [0.3, 0.4) is 0 Å². The Hall–Kier alpha value is -1.86. The van der Waals surface area contributed by atoms with Crippen molar-refractivity contribution in [2.45, 2.75) is 4.90 Å². The van der Waals surface area contributed by atoms with E-state index in [2.05, 4.69) is 0 Å². The summed E-state index contributed by atoms with van der Waals surface area (Å²) in [6.07, 6.45) is 0. The minimum atomic E-state index is -4.23. The fraction of sp³-hybridized carbons (Fsp3) is 0. The van der Waals surface area contributed by atoms with E-state index in [-0.39, 0.29) is 16.4 Å². The van der Waals surface area contributed by atoms with E-state index >= 15 is 0 Å². The van der Waals surface area contributed by atoms with Crippen LogP contribution in [0.4, 0.5) is 20.2 Å². The molecule has 2 aromatic rings. The highest BCUT2D eigenvalue weighted by molar-refractivity contribution is 7.92. The second-order valence-corrected chi connectivity index (χ2v) is 6.00. The van der Waals surface area contributed by atoms with Crippen LogP contribution in [-0.2, 0) is 10.0 Å². The van der Waals surface area contributed by atoms with Crippen molar-refractivity contribution in [3.63, 3.8) is 0 Å². The lowest BCUT2D eigenvalue weighted by atomic mass is 10.3. The second kappa shape index (κ2) is 5.26. The molecule has 0 fully saturated rings. The third-order valence-corrected chi connectivity index (χ3v) is 4.08. The van der Waals surface area contributed by atoms with Crippen LogP contribution < -0.4 is 10.5 Å². The molecule has 4 nitrogen and oxygen atoms in total. The molecule has 0 aliphatic carbocycles. The van der Waals surface area contributed by atoms with Gasteiger partial charge in [0.15, 0.2) is 0 Å². The molecule has 0 unspecified atom stereocenters. The lowest BCUT2D eigenvalue weighted by molar-refractivity contribution is 0.570. The van der Waals surface area contributed by atoms with Gasteiger partial charge in [0.2, 0.25) is 0 Å². The summed E-state index contributed by atoms with van der Waals surface area (Å²) in [4.78, 5) is -0.606. The maximum Gasteiger partial charge on any atom is 0.264 e. The molecule has 0 atom stereocenters. The molecule has 20 heavy (non-hydrogen) atoms. The molecule has 0 amide bonds. The molecule has 3 N–H and O–H groups in total. The molecular formula is C12H9ClF2N2O2S. The average Bonchev–Trinajstić information content (AvgIpc) is 2.33. The Balaban J connectivity index is 2.43. The van der Waals surface area contributed by atoms with Crippen molar-refractivity contribution in [1.82, 2.24) is 0 Å². The predicted molar refractivity (Wildman–Crippen MR) is 73.0 cm³/mol. The summed E-state index contributed by atoms with van der Waals surface area (Å²) in [6.45, 7) is 0. The number of hydrogen-bond acceptors (Lipinski definition) is 3. The summed E-state index contributed by atoms with van der Waals surface area (Å²) >= 11 is 5.55. The molecule has 8 heteroatoms. The molecule has 0 aliphatic heterocycles. The zero-order chi connectivity index (χ0) is 14.9. The van der Waals surface area contributed by atoms with E-state index in [1.165, 1.54) is 12.1 Å². The van der Waals surface area contributed by atoms with Gasteiger partial charge in [-0.05, 0) is 30.3 Å². The SMILES string of the molecule is Nc1ccc(F)cc1NS(=O)(=O)c1ccc(Cl)cc1F. The summed E-state index contributed by atoms with van der Waals surface area (Å²) in [5.41, 5.74) is 5.38. The van der Waals surface area contributed by atoms with Crippen molar-refractivity contribution >= 4 is 33.0 Å². The third-order valence-electron chi connectivity index (χ3n) is 2.44. The van der Waals surface area contributed by atoms with Crippen LogP contribution >= 0.6 is 11.6 Å². The van der Waals surface area contributed by atoms with E-state index in [0.29, 0.717) is 0 Å². The molecule has 0 spiro atoms. The zero-order valence-corrected chi connectivity index (χ0v) is 11.5. The molecule has 2 rings (SSSR count). The first kappa shape index (κ1) is 14.5. The minimum Gasteiger partial charge on any atom is -0.397 e. The molecule has 0 radical (unpaired) electrons. The summed E-state index contributed by atoms with van der Waals surface area (Å²) < 4.78 is 52.8. The van der Waals surface area contributed by atoms with Crippen molar-refractivity contribution in [1.29, 1.82) is 0 Å². The fourth-order valence-corrected chi connectivity index (χ4v) is 2.81. The molecule has 0 heterocycles. The van der Waals surface area contributed by atoms with E-state index in [9.17, 15) is 17.2 Å². The average molecular weight is 319 g/mol. The van der Waals surface area contributed by atoms with Gasteiger partial charge in [-0.1, -0.05) is 11.6 Å². The monoisotopic (exact) mass is 318 g/mol. The summed E-state index contributed by atoms with van der Waals surface area (Å²) in [7, 11) is -4.23. The topological polar surface area (TPSA) is 72.2 Å². The van der Waals surface area contributed by atoms with E-state index in [0.717, 1.165) is 24.3 Å². The maximum absolute atomic E-state index is 13.6. The Bertz CT molecular complexity index is 766. The number of hydrogen-bond donors (Lipinski definition) is 2. The Morgan fingerprint density at radius 3 is 2.45 bits per heavy atom. The van der Waals surface area contributed by atoms with E-state index in [1.54, 1.807) is 0 Å². The first-order valence-corrected chi connectivity index (χ1v) is 7.18. The predicted octanol–water partition coefficient (Wildman–Crippen LogP) is 3.00. The Kier molecular flexibility index (Phi) is 3.82. The van der Waals surface area contributed by atoms with Gasteiger partial charge < -0.3 is 5.73 Å². The normalized spacial score (nSPS) is 11.3. The highest BCUT2D eigenvalue weighted by Gasteiger charge is 2.20. The Morgan fingerprint density at radius 1 is 1.10 bits per heavy atom. The van der Waals surface area contributed by atoms with Gasteiger partial charge in [0, 0.05) is 11.1 Å². The van der Waals surface area contributed by atoms with E-state index < -0.39 is 26.6 Å². The van der Waals surface area contributed by atoms with Crippen molar-refractivity contribution < 1.29 is 17.2 Å². The Morgan fingerprint density at radius 2 is 1.80 bits per heavy atom. The molecule has 0 saturated carbocycles. The van der Waals surface area contributed by atoms with Crippen molar-refractivity contribution in [3.8, 4) is 0 Å². The van der Waals surface area contributed by atoms with Gasteiger partial charge >= 0.3 is 0 Å². The van der Waals surface area contributed by atoms with Crippen LogP contribution in [0.25, 0.3) is 0 Å². The quantitative estimate of drug-likeness (QED) is 0.854. The lowest BCUT2D eigenvalue weighted by Crippen LogP contribution is -2.15. The van der Waals surface area contributed by atoms with Gasteiger partial charge in [-0.25, -0.2) is 17.2 Å². The van der Waals surface area contributed by atoms with Gasteiger partial charge in [0.25, 0.3) is 10.0 Å². The van der Waals surface area contributed by atoms with Crippen LogP contribution in [-0.4, -0.2) is 8.42 Å². The molecule has 0 aromatic heterocycles. The van der Waals surface area contributed by atoms with Gasteiger partial charge in [0.1, 0.15) is 16.5 Å². The number of benzene rings is 2. The van der Waals surface area contributed by atoms with E-state index in [1.807, 2.05) is 4.72 Å². The van der Waals surface area contributed by atoms with Crippen LogP contribution in [0.2, 0.25) is 5.02 Å². The number of nitrogens with two attached hydrogens (primary N) is 1. The fourth-order valence-electron chi connectivity index (χ4n) is 1.51. The van der Waals surface area contributed by atoms with Gasteiger partial charge in [0.05, 0.1) is 11.4 Å². The largest absolute Gasteiger partial charge is 0.397 e. The first-order valence-electron chi connectivity index (χ1n) is 5.32. The Labute approximate surface area is 119 Å². The molecule has 0 bridgehead atoms. The van der Waals surface area contributed by atoms with Gasteiger partial charge in [-0.15, -0.1) is 0 Å². The van der Waals surface area contributed by atoms with Crippen molar-refractivity contribution in [2.24, 2.45) is 0 Å². The van der Waals surface area contributed by atoms with Crippen LogP contribution in [0.15, 0.2) is 41.3 Å². The smallest absolute Gasteiger partial charge is 0.264 e. The highest BCUT2D eigenvalue weighted by Crippen LogP contribution is 2.25. The molecule has 106 valence electrons. The number of nitrogens with one attached hydrogen (secondary N) is 1. The minimum absolute atomic E-state index is 0.0179. The van der Waals surface area contributed by atoms with Crippen LogP contribution in [0.5, 0.6) is 0 Å². The van der Waals surface area contributed by atoms with Crippen molar-refractivity contribution in [2.75, 3.05) is 10.5 Å². The molecule has 0 aliphatic rings. The number of rotatable bonds is 3. The standard InChI is InChI=1S/C12H9ClF2N2O2S/c13-7-1-4-12(9(15)5-7)20(18,19)17-11-6-8(14)2-3-10(11)16/h1-6,17H,16H2. The maximum atomic E-state index is 13.6. The number of halogens is 3. The number of anilines is 2. The lowest BCUT2D eigenvalue weighted by Gasteiger charge is -2.11. The van der Waals surface area contributed by atoms with Crippen LogP contribution in [0, 0.1) is 11.6 Å². The van der Waals surface area contributed by atoms with Gasteiger partial charge in [-0.3, -0.25) is 4.72 Å². The zero-order valence-electron chi connectivity index (χ0n) is 9.90. The summed E-state index contributed by atoms with van der Waals surface area (Å²) in [5, 5.41) is 0.0618. The molecular weight excluding hydrogens is 310 g/mol. The highest BCUT2D eigenvalue weighted by atomic mass is 35.5. The first-order chi connectivity index (χ1) is 9.29. The summed E-state index contributed by atoms with van der Waals surface area (Å²) in [5.74, 6) is -1.69. The van der Waals surface area contributed by atoms with Gasteiger partial charge in [-0.2, -0.15) is 0 Å².